The molecule has 2 rings (SSSR count). The third-order valence-electron chi connectivity index (χ3n) is 3.58. The van der Waals surface area contributed by atoms with Gasteiger partial charge in [0.05, 0.1) is 6.61 Å². The standard InChI is InChI=1S/C17H27NOS/c1-4-10-18-16(12-20-13(2)3)15-9-5-7-14-8-6-11-19-17(14)15/h5,7,9,13,16,18H,4,6,8,10-12H2,1-3H3. The van der Waals surface area contributed by atoms with Gasteiger partial charge in [0.2, 0.25) is 0 Å². The van der Waals surface area contributed by atoms with E-state index in [2.05, 4.69) is 44.3 Å². The largest absolute Gasteiger partial charge is 0.493 e. The highest BCUT2D eigenvalue weighted by atomic mass is 32.2. The molecule has 0 saturated heterocycles. The van der Waals surface area contributed by atoms with Crippen LogP contribution in [0.5, 0.6) is 5.75 Å². The van der Waals surface area contributed by atoms with Crippen LogP contribution in [0.25, 0.3) is 0 Å². The number of nitrogens with one attached hydrogen (secondary N) is 1. The van der Waals surface area contributed by atoms with Crippen molar-refractivity contribution >= 4 is 11.8 Å². The van der Waals surface area contributed by atoms with Crippen LogP contribution in [0.2, 0.25) is 0 Å². The second-order valence-corrected chi connectivity index (χ2v) is 7.29. The van der Waals surface area contributed by atoms with Gasteiger partial charge in [-0.3, -0.25) is 0 Å². The average Bonchev–Trinajstić information content (AvgIpc) is 2.47. The maximum atomic E-state index is 5.97. The minimum absolute atomic E-state index is 0.399. The Kier molecular flexibility index (Phi) is 6.24. The summed E-state index contributed by atoms with van der Waals surface area (Å²) in [6, 6.07) is 7.03. The number of hydrogen-bond donors (Lipinski definition) is 1. The Morgan fingerprint density at radius 2 is 2.20 bits per heavy atom. The third-order valence-corrected chi connectivity index (χ3v) is 4.77. The van der Waals surface area contributed by atoms with Crippen LogP contribution in [0.15, 0.2) is 18.2 Å². The molecule has 1 heterocycles. The lowest BCUT2D eigenvalue weighted by molar-refractivity contribution is 0.282. The zero-order valence-electron chi connectivity index (χ0n) is 12.9. The van der Waals surface area contributed by atoms with Crippen molar-refractivity contribution in [2.24, 2.45) is 0 Å². The van der Waals surface area contributed by atoms with Gasteiger partial charge in [-0.2, -0.15) is 11.8 Å². The van der Waals surface area contributed by atoms with E-state index >= 15 is 0 Å². The third kappa shape index (κ3) is 4.16. The Morgan fingerprint density at radius 1 is 1.35 bits per heavy atom. The molecule has 1 N–H and O–H groups in total. The summed E-state index contributed by atoms with van der Waals surface area (Å²) < 4.78 is 5.97. The van der Waals surface area contributed by atoms with E-state index in [0.29, 0.717) is 11.3 Å². The van der Waals surface area contributed by atoms with Crippen molar-refractivity contribution < 1.29 is 4.74 Å². The molecule has 0 aliphatic carbocycles. The first kappa shape index (κ1) is 15.7. The van der Waals surface area contributed by atoms with E-state index in [4.69, 9.17) is 4.74 Å². The Hall–Kier alpha value is -0.670. The number of rotatable bonds is 7. The molecule has 1 aromatic rings. The Bertz CT molecular complexity index is 419. The van der Waals surface area contributed by atoms with Gasteiger partial charge in [-0.15, -0.1) is 0 Å². The number of thioether (sulfide) groups is 1. The summed E-state index contributed by atoms with van der Waals surface area (Å²) in [6.45, 7) is 8.67. The summed E-state index contributed by atoms with van der Waals surface area (Å²) in [5, 5.41) is 4.36. The van der Waals surface area contributed by atoms with Crippen molar-refractivity contribution in [3.8, 4) is 5.75 Å². The summed E-state index contributed by atoms with van der Waals surface area (Å²) in [7, 11) is 0. The van der Waals surface area contributed by atoms with E-state index < -0.39 is 0 Å². The van der Waals surface area contributed by atoms with Crippen LogP contribution in [-0.2, 0) is 6.42 Å². The molecule has 0 fully saturated rings. The van der Waals surface area contributed by atoms with Crippen LogP contribution >= 0.6 is 11.8 Å². The fraction of sp³-hybridized carbons (Fsp3) is 0.647. The van der Waals surface area contributed by atoms with Crippen molar-refractivity contribution in [2.75, 3.05) is 18.9 Å². The maximum Gasteiger partial charge on any atom is 0.127 e. The quantitative estimate of drug-likeness (QED) is 0.814. The maximum absolute atomic E-state index is 5.97. The van der Waals surface area contributed by atoms with E-state index in [1.165, 1.54) is 17.5 Å². The molecule has 1 atom stereocenters. The highest BCUT2D eigenvalue weighted by Crippen LogP contribution is 2.34. The number of hydrogen-bond acceptors (Lipinski definition) is 3. The van der Waals surface area contributed by atoms with E-state index in [-0.39, 0.29) is 0 Å². The van der Waals surface area contributed by atoms with E-state index in [1.807, 2.05) is 11.8 Å². The van der Waals surface area contributed by atoms with Gasteiger partial charge < -0.3 is 10.1 Å². The molecule has 0 bridgehead atoms. The van der Waals surface area contributed by atoms with Crippen LogP contribution in [0.4, 0.5) is 0 Å². The molecule has 112 valence electrons. The van der Waals surface area contributed by atoms with Gasteiger partial charge in [0.15, 0.2) is 0 Å². The van der Waals surface area contributed by atoms with Gasteiger partial charge in [-0.05, 0) is 36.6 Å². The summed E-state index contributed by atoms with van der Waals surface area (Å²) in [5.41, 5.74) is 2.73. The molecular weight excluding hydrogens is 266 g/mol. The molecule has 2 nitrogen and oxygen atoms in total. The number of benzene rings is 1. The SMILES string of the molecule is CCCNC(CSC(C)C)c1cccc2c1OCCC2. The topological polar surface area (TPSA) is 21.3 Å². The van der Waals surface area contributed by atoms with Crippen molar-refractivity contribution in [3.05, 3.63) is 29.3 Å². The van der Waals surface area contributed by atoms with Crippen LogP contribution in [0, 0.1) is 0 Å². The normalized spacial score (nSPS) is 15.8. The van der Waals surface area contributed by atoms with Gasteiger partial charge in [-0.1, -0.05) is 39.0 Å². The summed E-state index contributed by atoms with van der Waals surface area (Å²) in [5.74, 6) is 2.26. The van der Waals surface area contributed by atoms with Gasteiger partial charge in [0.1, 0.15) is 5.75 Å². The molecule has 0 spiro atoms. The molecule has 3 heteroatoms. The molecule has 0 amide bonds. The highest BCUT2D eigenvalue weighted by molar-refractivity contribution is 7.99. The highest BCUT2D eigenvalue weighted by Gasteiger charge is 2.20. The van der Waals surface area contributed by atoms with Crippen LogP contribution in [-0.4, -0.2) is 24.2 Å². The molecule has 0 aromatic heterocycles. The molecule has 0 radical (unpaired) electrons. The average molecular weight is 293 g/mol. The van der Waals surface area contributed by atoms with Gasteiger partial charge in [-0.25, -0.2) is 0 Å². The lowest BCUT2D eigenvalue weighted by atomic mass is 9.98. The Labute approximate surface area is 127 Å². The van der Waals surface area contributed by atoms with Crippen molar-refractivity contribution in [2.45, 2.75) is 51.3 Å². The zero-order chi connectivity index (χ0) is 14.4. The first-order chi connectivity index (χ1) is 9.72. The number of para-hydroxylation sites is 1. The van der Waals surface area contributed by atoms with E-state index in [1.54, 1.807) is 0 Å². The number of aryl methyl sites for hydroxylation is 1. The fourth-order valence-electron chi connectivity index (χ4n) is 2.55. The lowest BCUT2D eigenvalue weighted by Gasteiger charge is -2.26. The first-order valence-corrected chi connectivity index (χ1v) is 8.86. The number of ether oxygens (including phenoxy) is 1. The summed E-state index contributed by atoms with van der Waals surface area (Å²) in [6.07, 6.45) is 3.46. The molecule has 1 aliphatic rings. The fourth-order valence-corrected chi connectivity index (χ4v) is 3.43. The molecule has 0 saturated carbocycles. The summed E-state index contributed by atoms with van der Waals surface area (Å²) >= 11 is 2.02. The van der Waals surface area contributed by atoms with Crippen molar-refractivity contribution in [1.29, 1.82) is 0 Å². The molecule has 1 aliphatic heterocycles. The predicted molar refractivity (Wildman–Crippen MR) is 88.9 cm³/mol. The van der Waals surface area contributed by atoms with Crippen LogP contribution in [0.1, 0.15) is 50.8 Å². The monoisotopic (exact) mass is 293 g/mol. The molecule has 20 heavy (non-hydrogen) atoms. The van der Waals surface area contributed by atoms with E-state index in [0.717, 1.165) is 37.5 Å². The van der Waals surface area contributed by atoms with Crippen molar-refractivity contribution in [1.82, 2.24) is 5.32 Å². The van der Waals surface area contributed by atoms with E-state index in [9.17, 15) is 0 Å². The summed E-state index contributed by atoms with van der Waals surface area (Å²) in [4.78, 5) is 0. The molecule has 1 aromatic carbocycles. The minimum Gasteiger partial charge on any atom is -0.493 e. The van der Waals surface area contributed by atoms with Gasteiger partial charge in [0, 0.05) is 17.4 Å². The number of fused-ring (bicyclic) bond motifs is 1. The second-order valence-electron chi connectivity index (χ2n) is 5.68. The predicted octanol–water partition coefficient (Wildman–Crippen LogP) is 4.19. The Balaban J connectivity index is 2.18. The zero-order valence-corrected chi connectivity index (χ0v) is 13.8. The smallest absolute Gasteiger partial charge is 0.127 e. The second kappa shape index (κ2) is 7.94. The Morgan fingerprint density at radius 3 is 2.95 bits per heavy atom. The molecular formula is C17H27NOS. The lowest BCUT2D eigenvalue weighted by Crippen LogP contribution is -2.26. The minimum atomic E-state index is 0.399. The van der Waals surface area contributed by atoms with Gasteiger partial charge >= 0.3 is 0 Å². The van der Waals surface area contributed by atoms with Crippen LogP contribution < -0.4 is 10.1 Å². The van der Waals surface area contributed by atoms with Crippen LogP contribution in [0.3, 0.4) is 0 Å². The van der Waals surface area contributed by atoms with Crippen molar-refractivity contribution in [3.63, 3.8) is 0 Å². The first-order valence-electron chi connectivity index (χ1n) is 7.82. The molecule has 1 unspecified atom stereocenters. The van der Waals surface area contributed by atoms with Gasteiger partial charge in [0.25, 0.3) is 0 Å².